The van der Waals surface area contributed by atoms with Crippen molar-refractivity contribution in [1.82, 2.24) is 25.9 Å². The monoisotopic (exact) mass is 441 g/mol. The van der Waals surface area contributed by atoms with Gasteiger partial charge in [0, 0.05) is 18.3 Å². The van der Waals surface area contributed by atoms with E-state index in [1.54, 1.807) is 0 Å². The number of hydrogen-bond acceptors (Lipinski definition) is 8. The van der Waals surface area contributed by atoms with Gasteiger partial charge in [0.15, 0.2) is 0 Å². The SMILES string of the molecule is CC(O)C(N)C(=O)NCC(=O)NC(Cc1cnc[nH]1)C(=O)NC(CCCCN)C(=O)O. The fourth-order valence-corrected chi connectivity index (χ4v) is 2.60. The predicted molar refractivity (Wildman–Crippen MR) is 109 cm³/mol. The van der Waals surface area contributed by atoms with Crippen LogP contribution in [0.4, 0.5) is 0 Å². The molecule has 0 saturated carbocycles. The second-order valence-corrected chi connectivity index (χ2v) is 7.07. The van der Waals surface area contributed by atoms with Crippen molar-refractivity contribution < 1.29 is 29.4 Å². The van der Waals surface area contributed by atoms with Crippen LogP contribution in [0.15, 0.2) is 12.5 Å². The molecule has 31 heavy (non-hydrogen) atoms. The Morgan fingerprint density at radius 2 is 1.87 bits per heavy atom. The molecule has 13 heteroatoms. The summed E-state index contributed by atoms with van der Waals surface area (Å²) >= 11 is 0. The van der Waals surface area contributed by atoms with E-state index in [-0.39, 0.29) is 12.8 Å². The first-order chi connectivity index (χ1) is 14.6. The number of carbonyl (C=O) groups is 4. The number of carboxylic acids is 1. The minimum Gasteiger partial charge on any atom is -0.480 e. The van der Waals surface area contributed by atoms with Crippen LogP contribution in [0.5, 0.6) is 0 Å². The molecule has 1 heterocycles. The van der Waals surface area contributed by atoms with Gasteiger partial charge < -0.3 is 42.6 Å². The average molecular weight is 441 g/mol. The molecule has 13 nitrogen and oxygen atoms in total. The summed E-state index contributed by atoms with van der Waals surface area (Å²) in [5.41, 5.74) is 11.4. The molecule has 0 aliphatic heterocycles. The number of aromatic nitrogens is 2. The lowest BCUT2D eigenvalue weighted by atomic mass is 10.1. The molecule has 1 aromatic heterocycles. The van der Waals surface area contributed by atoms with E-state index < -0.39 is 54.5 Å². The highest BCUT2D eigenvalue weighted by atomic mass is 16.4. The number of aliphatic hydroxyl groups is 1. The largest absolute Gasteiger partial charge is 0.480 e. The number of hydrogen-bond donors (Lipinski definition) is 8. The summed E-state index contributed by atoms with van der Waals surface area (Å²) in [4.78, 5) is 54.8. The minimum atomic E-state index is -1.21. The number of nitrogens with zero attached hydrogens (tertiary/aromatic N) is 1. The van der Waals surface area contributed by atoms with Crippen LogP contribution in [-0.4, -0.2) is 81.2 Å². The van der Waals surface area contributed by atoms with Gasteiger partial charge in [-0.05, 0) is 32.7 Å². The van der Waals surface area contributed by atoms with E-state index in [0.29, 0.717) is 25.1 Å². The maximum atomic E-state index is 12.7. The Kier molecular flexibility index (Phi) is 11.2. The van der Waals surface area contributed by atoms with Crippen molar-refractivity contribution in [2.45, 2.75) is 56.8 Å². The van der Waals surface area contributed by atoms with Crippen LogP contribution in [0.25, 0.3) is 0 Å². The lowest BCUT2D eigenvalue weighted by molar-refractivity contribution is -0.142. The van der Waals surface area contributed by atoms with E-state index in [1.165, 1.54) is 19.4 Å². The smallest absolute Gasteiger partial charge is 0.326 e. The number of aliphatic hydroxyl groups excluding tert-OH is 1. The van der Waals surface area contributed by atoms with Gasteiger partial charge in [-0.3, -0.25) is 14.4 Å². The van der Waals surface area contributed by atoms with Gasteiger partial charge in [-0.1, -0.05) is 0 Å². The average Bonchev–Trinajstić information content (AvgIpc) is 3.23. The van der Waals surface area contributed by atoms with Crippen molar-refractivity contribution in [2.75, 3.05) is 13.1 Å². The summed E-state index contributed by atoms with van der Waals surface area (Å²) in [6.07, 6.45) is 3.10. The molecular formula is C18H31N7O6. The van der Waals surface area contributed by atoms with Crippen LogP contribution in [0, 0.1) is 0 Å². The molecule has 0 bridgehead atoms. The number of carboxylic acid groups (broad SMARTS) is 1. The number of aromatic amines is 1. The summed E-state index contributed by atoms with van der Waals surface area (Å²) in [6, 6.07) is -3.46. The molecule has 4 atom stereocenters. The van der Waals surface area contributed by atoms with Gasteiger partial charge in [-0.2, -0.15) is 0 Å². The maximum Gasteiger partial charge on any atom is 0.326 e. The Labute approximate surface area is 179 Å². The third-order valence-corrected chi connectivity index (χ3v) is 4.44. The molecule has 0 fully saturated rings. The fourth-order valence-electron chi connectivity index (χ4n) is 2.60. The number of carbonyl (C=O) groups excluding carboxylic acids is 3. The van der Waals surface area contributed by atoms with Crippen LogP contribution >= 0.6 is 0 Å². The van der Waals surface area contributed by atoms with Gasteiger partial charge in [-0.15, -0.1) is 0 Å². The second kappa shape index (κ2) is 13.3. The summed E-state index contributed by atoms with van der Waals surface area (Å²) in [5.74, 6) is -3.32. The molecule has 3 amide bonds. The molecule has 1 rings (SSSR count). The number of nitrogens with one attached hydrogen (secondary N) is 4. The van der Waals surface area contributed by atoms with E-state index in [1.807, 2.05) is 0 Å². The van der Waals surface area contributed by atoms with Crippen molar-refractivity contribution in [3.05, 3.63) is 18.2 Å². The van der Waals surface area contributed by atoms with Gasteiger partial charge in [0.1, 0.15) is 18.1 Å². The third kappa shape index (κ3) is 9.55. The van der Waals surface area contributed by atoms with Crippen LogP contribution < -0.4 is 27.4 Å². The van der Waals surface area contributed by atoms with Crippen LogP contribution in [0.3, 0.4) is 0 Å². The highest BCUT2D eigenvalue weighted by Crippen LogP contribution is 2.04. The number of unbranched alkanes of at least 4 members (excludes halogenated alkanes) is 1. The van der Waals surface area contributed by atoms with Crippen LogP contribution in [-0.2, 0) is 25.6 Å². The molecule has 0 aliphatic carbocycles. The molecule has 0 aromatic carbocycles. The topological polar surface area (TPSA) is 226 Å². The summed E-state index contributed by atoms with van der Waals surface area (Å²) in [7, 11) is 0. The first-order valence-corrected chi connectivity index (χ1v) is 9.86. The first kappa shape index (κ1) is 26.0. The Hall–Kier alpha value is -3.03. The van der Waals surface area contributed by atoms with Crippen molar-refractivity contribution in [3.63, 3.8) is 0 Å². The molecule has 174 valence electrons. The molecule has 0 saturated heterocycles. The number of H-pyrrole nitrogens is 1. The van der Waals surface area contributed by atoms with Gasteiger partial charge in [0.05, 0.1) is 19.0 Å². The summed E-state index contributed by atoms with van der Waals surface area (Å²) < 4.78 is 0. The number of nitrogens with two attached hydrogens (primary N) is 2. The van der Waals surface area contributed by atoms with Gasteiger partial charge in [-0.25, -0.2) is 9.78 Å². The molecule has 4 unspecified atom stereocenters. The zero-order chi connectivity index (χ0) is 23.4. The Morgan fingerprint density at radius 3 is 2.42 bits per heavy atom. The zero-order valence-electron chi connectivity index (χ0n) is 17.3. The molecule has 1 aromatic rings. The number of rotatable bonds is 14. The second-order valence-electron chi connectivity index (χ2n) is 7.07. The Balaban J connectivity index is 2.76. The van der Waals surface area contributed by atoms with E-state index in [4.69, 9.17) is 11.5 Å². The number of aliphatic carboxylic acids is 1. The van der Waals surface area contributed by atoms with Crippen molar-refractivity contribution in [1.29, 1.82) is 0 Å². The summed E-state index contributed by atoms with van der Waals surface area (Å²) in [5, 5.41) is 25.8. The highest BCUT2D eigenvalue weighted by Gasteiger charge is 2.27. The van der Waals surface area contributed by atoms with Crippen LogP contribution in [0.1, 0.15) is 31.9 Å². The Bertz CT molecular complexity index is 725. The number of imidazole rings is 1. The molecule has 0 spiro atoms. The standard InChI is InChI=1S/C18H31N7O6/c1-10(26)15(20)17(29)22-8-14(27)24-13(6-11-7-21-9-23-11)16(28)25-12(18(30)31)4-2-3-5-19/h7,9-10,12-13,15,26H,2-6,8,19-20H2,1H3,(H,21,23)(H,22,29)(H,24,27)(H,25,28)(H,30,31). The normalized spacial score (nSPS) is 14.7. The molecule has 0 aliphatic rings. The van der Waals surface area contributed by atoms with Gasteiger partial charge >= 0.3 is 5.97 Å². The first-order valence-electron chi connectivity index (χ1n) is 9.86. The lowest BCUT2D eigenvalue weighted by Gasteiger charge is -2.21. The van der Waals surface area contributed by atoms with Gasteiger partial charge in [0.25, 0.3) is 0 Å². The third-order valence-electron chi connectivity index (χ3n) is 4.44. The Morgan fingerprint density at radius 1 is 1.16 bits per heavy atom. The maximum absolute atomic E-state index is 12.7. The lowest BCUT2D eigenvalue weighted by Crippen LogP contribution is -2.55. The molecular weight excluding hydrogens is 410 g/mol. The fraction of sp³-hybridized carbons (Fsp3) is 0.611. The predicted octanol–water partition coefficient (Wildman–Crippen LogP) is -3.04. The van der Waals surface area contributed by atoms with Gasteiger partial charge in [0.2, 0.25) is 17.7 Å². The van der Waals surface area contributed by atoms with Crippen molar-refractivity contribution in [3.8, 4) is 0 Å². The van der Waals surface area contributed by atoms with Crippen molar-refractivity contribution >= 4 is 23.7 Å². The zero-order valence-corrected chi connectivity index (χ0v) is 17.3. The molecule has 0 radical (unpaired) electrons. The van der Waals surface area contributed by atoms with E-state index in [9.17, 15) is 29.4 Å². The van der Waals surface area contributed by atoms with E-state index >= 15 is 0 Å². The minimum absolute atomic E-state index is 0.0217. The number of amides is 3. The quantitative estimate of drug-likeness (QED) is 0.137. The van der Waals surface area contributed by atoms with Crippen molar-refractivity contribution in [2.24, 2.45) is 11.5 Å². The van der Waals surface area contributed by atoms with E-state index in [2.05, 4.69) is 25.9 Å². The highest BCUT2D eigenvalue weighted by molar-refractivity contribution is 5.92. The summed E-state index contributed by atoms with van der Waals surface area (Å²) in [6.45, 7) is 1.26. The van der Waals surface area contributed by atoms with Crippen LogP contribution in [0.2, 0.25) is 0 Å². The van der Waals surface area contributed by atoms with E-state index in [0.717, 1.165) is 0 Å². The molecule has 10 N–H and O–H groups in total.